The molecular formula is C69H124O6. The van der Waals surface area contributed by atoms with Gasteiger partial charge in [0.2, 0.25) is 0 Å². The fourth-order valence-electron chi connectivity index (χ4n) is 9.61. The van der Waals surface area contributed by atoms with E-state index in [1.165, 1.54) is 205 Å². The maximum Gasteiger partial charge on any atom is 0.306 e. The van der Waals surface area contributed by atoms with Gasteiger partial charge in [0.15, 0.2) is 6.10 Å². The van der Waals surface area contributed by atoms with Crippen molar-refractivity contribution in [1.82, 2.24) is 0 Å². The number of hydrogen-bond acceptors (Lipinski definition) is 6. The summed E-state index contributed by atoms with van der Waals surface area (Å²) in [5.74, 6) is -0.871. The molecule has 0 amide bonds. The number of unbranched alkanes of at least 4 members (excludes halogenated alkanes) is 39. The smallest absolute Gasteiger partial charge is 0.306 e. The molecule has 1 atom stereocenters. The van der Waals surface area contributed by atoms with Crippen LogP contribution in [0.5, 0.6) is 0 Å². The van der Waals surface area contributed by atoms with E-state index in [9.17, 15) is 14.4 Å². The monoisotopic (exact) mass is 1050 g/mol. The van der Waals surface area contributed by atoms with Crippen molar-refractivity contribution in [1.29, 1.82) is 0 Å². The predicted molar refractivity (Wildman–Crippen MR) is 325 cm³/mol. The van der Waals surface area contributed by atoms with E-state index in [-0.39, 0.29) is 31.1 Å². The van der Waals surface area contributed by atoms with Crippen molar-refractivity contribution in [2.75, 3.05) is 13.2 Å². The van der Waals surface area contributed by atoms with Crippen LogP contribution in [0.2, 0.25) is 0 Å². The Morgan fingerprint density at radius 3 is 0.827 bits per heavy atom. The standard InChI is InChI=1S/C69H124O6/c1-4-7-10-13-16-19-22-25-27-29-31-32-33-34-35-36-38-39-41-44-47-50-53-56-59-62-68(71)74-65-66(64-73-67(70)61-58-55-52-49-46-43-24-21-18-15-12-9-6-3)75-69(72)63-60-57-54-51-48-45-42-40-37-30-28-26-23-20-17-14-11-8-5-2/h8,11,17,20,26,28-29,31,37,40,66H,4-7,9-10,12-16,18-19,21-25,27,30,32-36,38-39,41-65H2,1-3H3/b11-8-,20-17-,28-26-,31-29-,40-37-. The third kappa shape index (κ3) is 61.8. The molecule has 0 heterocycles. The summed E-state index contributed by atoms with van der Waals surface area (Å²) in [7, 11) is 0. The van der Waals surface area contributed by atoms with E-state index in [0.717, 1.165) is 96.3 Å². The Balaban J connectivity index is 4.28. The lowest BCUT2D eigenvalue weighted by Gasteiger charge is -2.18. The van der Waals surface area contributed by atoms with Crippen molar-refractivity contribution in [3.8, 4) is 0 Å². The van der Waals surface area contributed by atoms with Crippen LogP contribution in [0.3, 0.4) is 0 Å². The van der Waals surface area contributed by atoms with Gasteiger partial charge in [0.05, 0.1) is 0 Å². The molecule has 0 aliphatic carbocycles. The van der Waals surface area contributed by atoms with E-state index in [4.69, 9.17) is 14.2 Å². The Morgan fingerprint density at radius 1 is 0.280 bits per heavy atom. The van der Waals surface area contributed by atoms with Crippen molar-refractivity contribution in [2.24, 2.45) is 0 Å². The molecule has 0 fully saturated rings. The number of carbonyl (C=O) groups is 3. The summed E-state index contributed by atoms with van der Waals surface area (Å²) in [6.07, 6.45) is 80.9. The molecule has 1 unspecified atom stereocenters. The third-order valence-electron chi connectivity index (χ3n) is 14.5. The minimum absolute atomic E-state index is 0.0765. The van der Waals surface area contributed by atoms with Crippen LogP contribution in [0.15, 0.2) is 60.8 Å². The van der Waals surface area contributed by atoms with Gasteiger partial charge in [-0.05, 0) is 83.5 Å². The first-order chi connectivity index (χ1) is 37.0. The lowest BCUT2D eigenvalue weighted by molar-refractivity contribution is -0.167. The quantitative estimate of drug-likeness (QED) is 0.0261. The van der Waals surface area contributed by atoms with Gasteiger partial charge in [0.25, 0.3) is 0 Å². The molecule has 0 N–H and O–H groups in total. The molecule has 0 spiro atoms. The lowest BCUT2D eigenvalue weighted by atomic mass is 10.0. The summed E-state index contributed by atoms with van der Waals surface area (Å²) < 4.78 is 16.9. The van der Waals surface area contributed by atoms with Gasteiger partial charge in [-0.3, -0.25) is 14.4 Å². The Kier molecular flexibility index (Phi) is 61.2. The second-order valence-corrected chi connectivity index (χ2v) is 22.0. The third-order valence-corrected chi connectivity index (χ3v) is 14.5. The van der Waals surface area contributed by atoms with Crippen LogP contribution in [0, 0.1) is 0 Å². The van der Waals surface area contributed by atoms with Gasteiger partial charge >= 0.3 is 17.9 Å². The van der Waals surface area contributed by atoms with Crippen molar-refractivity contribution >= 4 is 17.9 Å². The van der Waals surface area contributed by atoms with Crippen molar-refractivity contribution in [3.05, 3.63) is 60.8 Å². The summed E-state index contributed by atoms with van der Waals surface area (Å²) in [5.41, 5.74) is 0. The van der Waals surface area contributed by atoms with E-state index >= 15 is 0 Å². The highest BCUT2D eigenvalue weighted by Crippen LogP contribution is 2.17. The van der Waals surface area contributed by atoms with Gasteiger partial charge in [-0.15, -0.1) is 0 Å². The zero-order chi connectivity index (χ0) is 54.3. The van der Waals surface area contributed by atoms with E-state index in [0.29, 0.717) is 19.3 Å². The molecule has 6 heteroatoms. The zero-order valence-electron chi connectivity index (χ0n) is 50.1. The topological polar surface area (TPSA) is 78.9 Å². The largest absolute Gasteiger partial charge is 0.462 e. The van der Waals surface area contributed by atoms with Gasteiger partial charge in [0, 0.05) is 19.3 Å². The molecule has 0 aromatic rings. The predicted octanol–water partition coefficient (Wildman–Crippen LogP) is 22.3. The average molecular weight is 1050 g/mol. The van der Waals surface area contributed by atoms with Crippen LogP contribution in [-0.2, 0) is 28.6 Å². The number of ether oxygens (including phenoxy) is 3. The first kappa shape index (κ1) is 72.1. The number of carbonyl (C=O) groups excluding carboxylic acids is 3. The summed E-state index contributed by atoms with van der Waals surface area (Å²) >= 11 is 0. The van der Waals surface area contributed by atoms with E-state index in [2.05, 4.69) is 81.5 Å². The maximum absolute atomic E-state index is 12.9. The first-order valence-electron chi connectivity index (χ1n) is 32.8. The van der Waals surface area contributed by atoms with Crippen LogP contribution in [0.4, 0.5) is 0 Å². The van der Waals surface area contributed by atoms with Gasteiger partial charge in [-0.2, -0.15) is 0 Å². The summed E-state index contributed by atoms with van der Waals surface area (Å²) in [5, 5.41) is 0. The van der Waals surface area contributed by atoms with E-state index in [1.54, 1.807) is 0 Å². The summed E-state index contributed by atoms with van der Waals surface area (Å²) in [6.45, 7) is 6.56. The average Bonchev–Trinajstić information content (AvgIpc) is 3.41. The van der Waals surface area contributed by atoms with Gasteiger partial charge < -0.3 is 14.2 Å². The molecule has 75 heavy (non-hydrogen) atoms. The lowest BCUT2D eigenvalue weighted by Crippen LogP contribution is -2.30. The number of allylic oxidation sites excluding steroid dienone is 10. The molecule has 0 saturated heterocycles. The van der Waals surface area contributed by atoms with E-state index < -0.39 is 6.10 Å². The number of hydrogen-bond donors (Lipinski definition) is 0. The zero-order valence-corrected chi connectivity index (χ0v) is 50.1. The van der Waals surface area contributed by atoms with Crippen LogP contribution >= 0.6 is 0 Å². The molecule has 0 radical (unpaired) electrons. The Bertz CT molecular complexity index is 1340. The molecule has 0 aliphatic rings. The Labute approximate surface area is 466 Å². The van der Waals surface area contributed by atoms with Gasteiger partial charge in [0.1, 0.15) is 13.2 Å². The van der Waals surface area contributed by atoms with Crippen molar-refractivity contribution in [3.63, 3.8) is 0 Å². The highest BCUT2D eigenvalue weighted by molar-refractivity contribution is 5.71. The maximum atomic E-state index is 12.9. The molecule has 0 rings (SSSR count). The summed E-state index contributed by atoms with van der Waals surface area (Å²) in [6, 6.07) is 0. The molecule has 0 saturated carbocycles. The molecular weight excluding hydrogens is 925 g/mol. The molecule has 0 aromatic heterocycles. The second kappa shape index (κ2) is 63.6. The van der Waals surface area contributed by atoms with E-state index in [1.807, 2.05) is 0 Å². The number of esters is 3. The highest BCUT2D eigenvalue weighted by Gasteiger charge is 2.19. The minimum Gasteiger partial charge on any atom is -0.462 e. The SMILES string of the molecule is CC/C=C\C/C=C\C/C=C\C/C=C\CCCCCCCCC(=O)OC(COC(=O)CCCCCCCCCCCCCCC)COC(=O)CCCCCCCCCCCCCCC/C=C\CCCCCCCCCC. The Morgan fingerprint density at radius 2 is 0.520 bits per heavy atom. The Hall–Kier alpha value is -2.89. The van der Waals surface area contributed by atoms with Gasteiger partial charge in [-0.25, -0.2) is 0 Å². The van der Waals surface area contributed by atoms with Crippen molar-refractivity contribution in [2.45, 2.75) is 348 Å². The summed E-state index contributed by atoms with van der Waals surface area (Å²) in [4.78, 5) is 38.3. The van der Waals surface area contributed by atoms with Gasteiger partial charge in [-0.1, -0.05) is 300 Å². The van der Waals surface area contributed by atoms with Crippen molar-refractivity contribution < 1.29 is 28.6 Å². The normalized spacial score (nSPS) is 12.4. The van der Waals surface area contributed by atoms with Crippen LogP contribution in [0.1, 0.15) is 342 Å². The fraction of sp³-hybridized carbons (Fsp3) is 0.812. The molecule has 0 bridgehead atoms. The number of rotatable bonds is 60. The molecule has 0 aromatic carbocycles. The molecule has 0 aliphatic heterocycles. The highest BCUT2D eigenvalue weighted by atomic mass is 16.6. The molecule has 436 valence electrons. The first-order valence-corrected chi connectivity index (χ1v) is 32.8. The second-order valence-electron chi connectivity index (χ2n) is 22.0. The fourth-order valence-corrected chi connectivity index (χ4v) is 9.61. The van der Waals surface area contributed by atoms with Crippen LogP contribution in [-0.4, -0.2) is 37.2 Å². The minimum atomic E-state index is -0.781. The molecule has 6 nitrogen and oxygen atoms in total. The van der Waals surface area contributed by atoms with Crippen LogP contribution < -0.4 is 0 Å². The van der Waals surface area contributed by atoms with Crippen LogP contribution in [0.25, 0.3) is 0 Å².